The van der Waals surface area contributed by atoms with E-state index in [1.54, 1.807) is 0 Å². The van der Waals surface area contributed by atoms with Gasteiger partial charge in [0.25, 0.3) is 0 Å². The minimum Gasteiger partial charge on any atom is -0.294 e. The first-order valence-corrected chi connectivity index (χ1v) is 9.63. The number of ketones is 1. The van der Waals surface area contributed by atoms with E-state index in [1.807, 2.05) is 86.1 Å². The normalized spacial score (nSPS) is 12.9. The van der Waals surface area contributed by atoms with E-state index in [0.29, 0.717) is 5.56 Å². The van der Waals surface area contributed by atoms with Crippen molar-refractivity contribution >= 4 is 5.78 Å². The Morgan fingerprint density at radius 3 is 2.11 bits per heavy atom. The SMILES string of the molecule is CCn1nc(C)c(C(=O)C[C@H](c2ccccc2)[C@H](C#N)c2ccccc2)c1C. The Labute approximate surface area is 166 Å². The molecular weight excluding hydrogens is 346 g/mol. The lowest BCUT2D eigenvalue weighted by atomic mass is 9.78. The van der Waals surface area contributed by atoms with Gasteiger partial charge in [0.2, 0.25) is 0 Å². The van der Waals surface area contributed by atoms with Crippen LogP contribution in [-0.4, -0.2) is 15.6 Å². The van der Waals surface area contributed by atoms with E-state index in [1.165, 1.54) is 0 Å². The molecule has 0 aliphatic carbocycles. The molecule has 0 aliphatic heterocycles. The summed E-state index contributed by atoms with van der Waals surface area (Å²) in [5, 5.41) is 14.5. The number of rotatable bonds is 7. The Balaban J connectivity index is 2.00. The first kappa shape index (κ1) is 19.6. The summed E-state index contributed by atoms with van der Waals surface area (Å²) in [6, 6.07) is 22.0. The first-order chi connectivity index (χ1) is 13.6. The zero-order chi connectivity index (χ0) is 20.1. The van der Waals surface area contributed by atoms with E-state index in [9.17, 15) is 10.1 Å². The van der Waals surface area contributed by atoms with Crippen LogP contribution in [0.2, 0.25) is 0 Å². The molecule has 0 aliphatic rings. The zero-order valence-electron chi connectivity index (χ0n) is 16.6. The molecule has 4 heteroatoms. The molecule has 0 fully saturated rings. The van der Waals surface area contributed by atoms with Gasteiger partial charge in [-0.3, -0.25) is 9.48 Å². The summed E-state index contributed by atoms with van der Waals surface area (Å²) >= 11 is 0. The maximum absolute atomic E-state index is 13.3. The molecule has 0 N–H and O–H groups in total. The van der Waals surface area contributed by atoms with Crippen molar-refractivity contribution in [3.8, 4) is 6.07 Å². The van der Waals surface area contributed by atoms with Crippen LogP contribution < -0.4 is 0 Å². The maximum atomic E-state index is 13.3. The van der Waals surface area contributed by atoms with Gasteiger partial charge in [0.15, 0.2) is 5.78 Å². The van der Waals surface area contributed by atoms with Crippen LogP contribution in [-0.2, 0) is 6.54 Å². The predicted molar refractivity (Wildman–Crippen MR) is 110 cm³/mol. The van der Waals surface area contributed by atoms with E-state index >= 15 is 0 Å². The first-order valence-electron chi connectivity index (χ1n) is 9.63. The highest BCUT2D eigenvalue weighted by Gasteiger charge is 2.29. The number of Topliss-reactive ketones (excluding diaryl/α,β-unsaturated/α-hetero) is 1. The number of aromatic nitrogens is 2. The fourth-order valence-electron chi connectivity index (χ4n) is 3.90. The lowest BCUT2D eigenvalue weighted by Gasteiger charge is -2.22. The Bertz CT molecular complexity index is 984. The maximum Gasteiger partial charge on any atom is 0.167 e. The largest absolute Gasteiger partial charge is 0.294 e. The molecule has 0 saturated carbocycles. The van der Waals surface area contributed by atoms with Crippen molar-refractivity contribution < 1.29 is 4.79 Å². The van der Waals surface area contributed by atoms with Gasteiger partial charge in [-0.15, -0.1) is 0 Å². The summed E-state index contributed by atoms with van der Waals surface area (Å²) in [4.78, 5) is 13.3. The monoisotopic (exact) mass is 371 g/mol. The van der Waals surface area contributed by atoms with Crippen LogP contribution >= 0.6 is 0 Å². The number of carbonyl (C=O) groups is 1. The van der Waals surface area contributed by atoms with Crippen LogP contribution in [0.4, 0.5) is 0 Å². The van der Waals surface area contributed by atoms with E-state index in [-0.39, 0.29) is 18.1 Å². The number of benzene rings is 2. The van der Waals surface area contributed by atoms with Gasteiger partial charge >= 0.3 is 0 Å². The van der Waals surface area contributed by atoms with Crippen LogP contribution in [0.5, 0.6) is 0 Å². The molecule has 2 atom stereocenters. The molecule has 0 amide bonds. The fourth-order valence-corrected chi connectivity index (χ4v) is 3.90. The number of nitrogens with zero attached hydrogens (tertiary/aromatic N) is 3. The van der Waals surface area contributed by atoms with E-state index in [2.05, 4.69) is 11.2 Å². The van der Waals surface area contributed by atoms with Gasteiger partial charge < -0.3 is 0 Å². The lowest BCUT2D eigenvalue weighted by molar-refractivity contribution is 0.0970. The number of aryl methyl sites for hydroxylation is 2. The molecule has 2 aromatic carbocycles. The Morgan fingerprint density at radius 2 is 1.61 bits per heavy atom. The molecule has 0 bridgehead atoms. The van der Waals surface area contributed by atoms with Crippen LogP contribution in [0.3, 0.4) is 0 Å². The van der Waals surface area contributed by atoms with Gasteiger partial charge in [-0.05, 0) is 31.9 Å². The van der Waals surface area contributed by atoms with Crippen molar-refractivity contribution in [1.82, 2.24) is 9.78 Å². The van der Waals surface area contributed by atoms with Crippen LogP contribution in [0.1, 0.15) is 58.1 Å². The summed E-state index contributed by atoms with van der Waals surface area (Å²) in [7, 11) is 0. The number of nitriles is 1. The third kappa shape index (κ3) is 3.89. The van der Waals surface area contributed by atoms with Crippen molar-refractivity contribution in [2.75, 3.05) is 0 Å². The molecule has 3 rings (SSSR count). The molecule has 0 saturated heterocycles. The van der Waals surface area contributed by atoms with Crippen LogP contribution in [0.15, 0.2) is 60.7 Å². The highest BCUT2D eigenvalue weighted by molar-refractivity contribution is 5.98. The average molecular weight is 371 g/mol. The summed E-state index contributed by atoms with van der Waals surface area (Å²) in [6.07, 6.45) is 0.272. The Hall–Kier alpha value is -3.19. The third-order valence-electron chi connectivity index (χ3n) is 5.29. The molecule has 0 radical (unpaired) electrons. The summed E-state index contributed by atoms with van der Waals surface area (Å²) in [5.74, 6) is -0.570. The molecule has 28 heavy (non-hydrogen) atoms. The molecule has 142 valence electrons. The average Bonchev–Trinajstić information content (AvgIpc) is 3.02. The summed E-state index contributed by atoms with van der Waals surface area (Å²) in [5.41, 5.74) is 4.27. The van der Waals surface area contributed by atoms with Gasteiger partial charge in [0, 0.05) is 24.6 Å². The minimum absolute atomic E-state index is 0.0414. The topological polar surface area (TPSA) is 58.7 Å². The van der Waals surface area contributed by atoms with Gasteiger partial charge in [-0.1, -0.05) is 60.7 Å². The number of carbonyl (C=O) groups excluding carboxylic acids is 1. The minimum atomic E-state index is -0.394. The number of hydrogen-bond acceptors (Lipinski definition) is 3. The molecule has 3 aromatic rings. The molecule has 4 nitrogen and oxygen atoms in total. The third-order valence-corrected chi connectivity index (χ3v) is 5.29. The fraction of sp³-hybridized carbons (Fsp3) is 0.292. The Kier molecular flexibility index (Phi) is 6.06. The van der Waals surface area contributed by atoms with Crippen molar-refractivity contribution in [3.05, 3.63) is 88.7 Å². The lowest BCUT2D eigenvalue weighted by Crippen LogP contribution is -2.16. The van der Waals surface area contributed by atoms with Crippen LogP contribution in [0.25, 0.3) is 0 Å². The second kappa shape index (κ2) is 8.67. The Morgan fingerprint density at radius 1 is 1.04 bits per heavy atom. The summed E-state index contributed by atoms with van der Waals surface area (Å²) in [6.45, 7) is 6.56. The van der Waals surface area contributed by atoms with Crippen molar-refractivity contribution in [3.63, 3.8) is 0 Å². The van der Waals surface area contributed by atoms with Crippen molar-refractivity contribution in [2.24, 2.45) is 0 Å². The second-order valence-corrected chi connectivity index (χ2v) is 7.02. The van der Waals surface area contributed by atoms with Crippen LogP contribution in [0, 0.1) is 25.2 Å². The quantitative estimate of drug-likeness (QED) is 0.537. The molecule has 1 heterocycles. The highest BCUT2D eigenvalue weighted by Crippen LogP contribution is 2.36. The van der Waals surface area contributed by atoms with Crippen molar-refractivity contribution in [2.45, 2.75) is 45.6 Å². The van der Waals surface area contributed by atoms with Gasteiger partial charge in [-0.2, -0.15) is 10.4 Å². The van der Waals surface area contributed by atoms with E-state index < -0.39 is 5.92 Å². The van der Waals surface area contributed by atoms with E-state index in [0.717, 1.165) is 29.1 Å². The molecular formula is C24H25N3O. The zero-order valence-corrected chi connectivity index (χ0v) is 16.6. The smallest absolute Gasteiger partial charge is 0.167 e. The van der Waals surface area contributed by atoms with Gasteiger partial charge in [-0.25, -0.2) is 0 Å². The van der Waals surface area contributed by atoms with Gasteiger partial charge in [0.1, 0.15) is 0 Å². The molecule has 1 aromatic heterocycles. The van der Waals surface area contributed by atoms with E-state index in [4.69, 9.17) is 0 Å². The molecule has 0 spiro atoms. The van der Waals surface area contributed by atoms with Gasteiger partial charge in [0.05, 0.1) is 23.2 Å². The number of hydrogen-bond donors (Lipinski definition) is 0. The standard InChI is InChI=1S/C24H25N3O/c1-4-27-18(3)24(17(2)26-27)23(28)15-21(19-11-7-5-8-12-19)22(16-25)20-13-9-6-10-14-20/h5-14,21-22H,4,15H2,1-3H3/t21-,22-/m1/s1. The highest BCUT2D eigenvalue weighted by atomic mass is 16.1. The predicted octanol–water partition coefficient (Wildman–Crippen LogP) is 5.18. The summed E-state index contributed by atoms with van der Waals surface area (Å²) < 4.78 is 1.86. The van der Waals surface area contributed by atoms with Crippen molar-refractivity contribution in [1.29, 1.82) is 5.26 Å². The molecule has 0 unspecified atom stereocenters. The second-order valence-electron chi connectivity index (χ2n) is 7.02.